The molecule has 0 bridgehead atoms. The minimum atomic E-state index is 0.247. The van der Waals surface area contributed by atoms with E-state index in [-0.39, 0.29) is 5.78 Å². The zero-order valence-electron chi connectivity index (χ0n) is 11.9. The normalized spacial score (nSPS) is 14.8. The fourth-order valence-electron chi connectivity index (χ4n) is 2.81. The Balaban J connectivity index is 1.81. The van der Waals surface area contributed by atoms with Gasteiger partial charge in [-0.15, -0.1) is 0 Å². The van der Waals surface area contributed by atoms with Gasteiger partial charge < -0.3 is 0 Å². The van der Waals surface area contributed by atoms with E-state index in [2.05, 4.69) is 43.3 Å². The van der Waals surface area contributed by atoms with Crippen LogP contribution in [0.15, 0.2) is 48.5 Å². The molecule has 102 valence electrons. The number of carbonyl (C=O) groups excluding carboxylic acids is 1. The van der Waals surface area contributed by atoms with E-state index >= 15 is 0 Å². The summed E-state index contributed by atoms with van der Waals surface area (Å²) in [5.74, 6) is 0.851. The lowest BCUT2D eigenvalue weighted by Crippen LogP contribution is -2.15. The molecule has 0 amide bonds. The van der Waals surface area contributed by atoms with Gasteiger partial charge in [0, 0.05) is 12.0 Å². The Kier molecular flexibility index (Phi) is 3.68. The van der Waals surface area contributed by atoms with E-state index in [9.17, 15) is 4.79 Å². The highest BCUT2D eigenvalue weighted by Gasteiger charge is 2.23. The molecule has 0 aromatic heterocycles. The molecule has 1 aliphatic carbocycles. The van der Waals surface area contributed by atoms with Crippen molar-refractivity contribution in [3.05, 3.63) is 70.8 Å². The minimum Gasteiger partial charge on any atom is -0.294 e. The molecule has 0 N–H and O–H groups in total. The Morgan fingerprint density at radius 3 is 2.40 bits per heavy atom. The van der Waals surface area contributed by atoms with Gasteiger partial charge in [-0.1, -0.05) is 60.5 Å². The van der Waals surface area contributed by atoms with E-state index in [1.165, 1.54) is 30.4 Å². The molecule has 2 aromatic carbocycles. The average Bonchev–Trinajstić information content (AvgIpc) is 2.40. The second kappa shape index (κ2) is 5.62. The van der Waals surface area contributed by atoms with Crippen molar-refractivity contribution in [2.75, 3.05) is 0 Å². The van der Waals surface area contributed by atoms with E-state index in [0.29, 0.717) is 12.3 Å². The smallest absolute Gasteiger partial charge is 0.167 e. The predicted octanol–water partition coefficient (Wildman–Crippen LogP) is 4.69. The largest absolute Gasteiger partial charge is 0.294 e. The summed E-state index contributed by atoms with van der Waals surface area (Å²) in [6, 6.07) is 16.4. The molecule has 1 nitrogen and oxygen atoms in total. The minimum absolute atomic E-state index is 0.247. The van der Waals surface area contributed by atoms with Crippen molar-refractivity contribution >= 4 is 5.78 Å². The van der Waals surface area contributed by atoms with Gasteiger partial charge in [0.25, 0.3) is 0 Å². The molecule has 0 unspecified atom stereocenters. The fraction of sp³-hybridized carbons (Fsp3) is 0.316. The van der Waals surface area contributed by atoms with Crippen LogP contribution in [0.4, 0.5) is 0 Å². The second-order valence-electron chi connectivity index (χ2n) is 5.80. The predicted molar refractivity (Wildman–Crippen MR) is 82.2 cm³/mol. The lowest BCUT2D eigenvalue weighted by molar-refractivity contribution is 0.0991. The Morgan fingerprint density at radius 1 is 1.05 bits per heavy atom. The monoisotopic (exact) mass is 264 g/mol. The zero-order valence-corrected chi connectivity index (χ0v) is 11.9. The first-order valence-corrected chi connectivity index (χ1v) is 7.42. The van der Waals surface area contributed by atoms with Gasteiger partial charge in [-0.05, 0) is 36.8 Å². The van der Waals surface area contributed by atoms with Crippen LogP contribution >= 0.6 is 0 Å². The fourth-order valence-corrected chi connectivity index (χ4v) is 2.81. The van der Waals surface area contributed by atoms with Crippen molar-refractivity contribution in [3.8, 4) is 0 Å². The van der Waals surface area contributed by atoms with Crippen molar-refractivity contribution in [1.29, 1.82) is 0 Å². The maximum atomic E-state index is 12.6. The molecule has 0 heterocycles. The van der Waals surface area contributed by atoms with Crippen LogP contribution in [0, 0.1) is 6.92 Å². The summed E-state index contributed by atoms with van der Waals surface area (Å²) in [5, 5.41) is 0. The molecule has 3 rings (SSSR count). The van der Waals surface area contributed by atoms with Gasteiger partial charge in [0.05, 0.1) is 0 Å². The highest BCUT2D eigenvalue weighted by atomic mass is 16.1. The molecule has 1 saturated carbocycles. The van der Waals surface area contributed by atoms with Gasteiger partial charge >= 0.3 is 0 Å². The van der Waals surface area contributed by atoms with Crippen LogP contribution < -0.4 is 0 Å². The van der Waals surface area contributed by atoms with Crippen molar-refractivity contribution in [1.82, 2.24) is 0 Å². The van der Waals surface area contributed by atoms with Gasteiger partial charge in [0.15, 0.2) is 5.78 Å². The number of hydrogen-bond donors (Lipinski definition) is 0. The molecular formula is C19H20O. The number of benzene rings is 2. The summed E-state index contributed by atoms with van der Waals surface area (Å²) < 4.78 is 0. The summed E-state index contributed by atoms with van der Waals surface area (Å²) in [4.78, 5) is 12.6. The van der Waals surface area contributed by atoms with E-state index in [1.807, 2.05) is 12.1 Å². The molecule has 1 aliphatic rings. The molecule has 1 fully saturated rings. The number of hydrogen-bond acceptors (Lipinski definition) is 1. The average molecular weight is 264 g/mol. The third kappa shape index (κ3) is 2.67. The maximum Gasteiger partial charge on any atom is 0.167 e. The van der Waals surface area contributed by atoms with Gasteiger partial charge in [-0.25, -0.2) is 0 Å². The number of Topliss-reactive ketones (excluding diaryl/α,β-unsaturated/α-hetero) is 1. The lowest BCUT2D eigenvalue weighted by Gasteiger charge is -2.27. The molecule has 0 aliphatic heterocycles. The summed E-state index contributed by atoms with van der Waals surface area (Å²) in [5.41, 5.74) is 4.52. The van der Waals surface area contributed by atoms with Crippen LogP contribution in [0.1, 0.15) is 52.2 Å². The van der Waals surface area contributed by atoms with Crippen LogP contribution in [0.5, 0.6) is 0 Å². The van der Waals surface area contributed by atoms with Gasteiger partial charge in [0.1, 0.15) is 0 Å². The first-order chi connectivity index (χ1) is 9.74. The van der Waals surface area contributed by atoms with Crippen molar-refractivity contribution < 1.29 is 4.79 Å². The first kappa shape index (κ1) is 13.1. The van der Waals surface area contributed by atoms with Crippen molar-refractivity contribution in [2.45, 2.75) is 38.5 Å². The molecule has 2 aromatic rings. The molecule has 0 radical (unpaired) electrons. The summed E-state index contributed by atoms with van der Waals surface area (Å²) in [6.45, 7) is 2.07. The van der Waals surface area contributed by atoms with Gasteiger partial charge in [-0.3, -0.25) is 4.79 Å². The van der Waals surface area contributed by atoms with Crippen LogP contribution in [0.3, 0.4) is 0 Å². The van der Waals surface area contributed by atoms with E-state index in [4.69, 9.17) is 0 Å². The number of rotatable bonds is 4. The third-order valence-electron chi connectivity index (χ3n) is 4.29. The molecular weight excluding hydrogens is 244 g/mol. The van der Waals surface area contributed by atoms with Gasteiger partial charge in [-0.2, -0.15) is 0 Å². The zero-order chi connectivity index (χ0) is 13.9. The molecule has 0 spiro atoms. The highest BCUT2D eigenvalue weighted by molar-refractivity contribution is 5.99. The van der Waals surface area contributed by atoms with Crippen LogP contribution in [0.25, 0.3) is 0 Å². The van der Waals surface area contributed by atoms with Crippen molar-refractivity contribution in [2.24, 2.45) is 0 Å². The molecule has 20 heavy (non-hydrogen) atoms. The summed E-state index contributed by atoms with van der Waals surface area (Å²) in [6.07, 6.45) is 4.26. The third-order valence-corrected chi connectivity index (χ3v) is 4.29. The van der Waals surface area contributed by atoms with E-state index in [1.54, 1.807) is 0 Å². The molecule has 1 heteroatoms. The molecule has 0 atom stereocenters. The standard InChI is InChI=1S/C19H20O/c1-14-9-11-15(12-10-14)13-19(20)18-8-3-2-7-17(18)16-5-4-6-16/h2-3,7-12,16H,4-6,13H2,1H3. The number of ketones is 1. The summed E-state index contributed by atoms with van der Waals surface area (Å²) >= 11 is 0. The first-order valence-electron chi connectivity index (χ1n) is 7.42. The summed E-state index contributed by atoms with van der Waals surface area (Å²) in [7, 11) is 0. The van der Waals surface area contributed by atoms with E-state index < -0.39 is 0 Å². The van der Waals surface area contributed by atoms with Crippen LogP contribution in [-0.2, 0) is 6.42 Å². The number of carbonyl (C=O) groups is 1. The SMILES string of the molecule is Cc1ccc(CC(=O)c2ccccc2C2CCC2)cc1. The van der Waals surface area contributed by atoms with Gasteiger partial charge in [0.2, 0.25) is 0 Å². The lowest BCUT2D eigenvalue weighted by atomic mass is 9.77. The Labute approximate surface area is 120 Å². The van der Waals surface area contributed by atoms with Crippen molar-refractivity contribution in [3.63, 3.8) is 0 Å². The highest BCUT2D eigenvalue weighted by Crippen LogP contribution is 2.38. The quantitative estimate of drug-likeness (QED) is 0.732. The maximum absolute atomic E-state index is 12.6. The van der Waals surface area contributed by atoms with E-state index in [0.717, 1.165) is 11.1 Å². The Hall–Kier alpha value is -1.89. The number of aryl methyl sites for hydroxylation is 1. The molecule has 0 saturated heterocycles. The Bertz CT molecular complexity index is 606. The Morgan fingerprint density at radius 2 is 1.75 bits per heavy atom. The van der Waals surface area contributed by atoms with Crippen LogP contribution in [0.2, 0.25) is 0 Å². The second-order valence-corrected chi connectivity index (χ2v) is 5.80. The van der Waals surface area contributed by atoms with Crippen LogP contribution in [-0.4, -0.2) is 5.78 Å². The topological polar surface area (TPSA) is 17.1 Å².